The van der Waals surface area contributed by atoms with Gasteiger partial charge in [0, 0.05) is 18.7 Å². The molecule has 3 heteroatoms. The molecule has 3 nitrogen and oxygen atoms in total. The molecule has 0 aliphatic carbocycles. The SMILES string of the molecule is CCOc1cccc(CNCc2ccccc2)c1OC. The van der Waals surface area contributed by atoms with Crippen LogP contribution < -0.4 is 14.8 Å². The Morgan fingerprint density at radius 1 is 0.950 bits per heavy atom. The first kappa shape index (κ1) is 14.4. The van der Waals surface area contributed by atoms with E-state index < -0.39 is 0 Å². The van der Waals surface area contributed by atoms with Crippen LogP contribution in [0.4, 0.5) is 0 Å². The smallest absolute Gasteiger partial charge is 0.165 e. The van der Waals surface area contributed by atoms with Gasteiger partial charge in [0.25, 0.3) is 0 Å². The Balaban J connectivity index is 2.00. The standard InChI is InChI=1S/C17H21NO2/c1-3-20-16-11-7-10-15(17(16)19-2)13-18-12-14-8-5-4-6-9-14/h4-11,18H,3,12-13H2,1-2H3. The van der Waals surface area contributed by atoms with E-state index in [1.165, 1.54) is 5.56 Å². The Morgan fingerprint density at radius 3 is 2.45 bits per heavy atom. The minimum atomic E-state index is 0.636. The largest absolute Gasteiger partial charge is 0.493 e. The van der Waals surface area contributed by atoms with Crippen molar-refractivity contribution in [2.24, 2.45) is 0 Å². The van der Waals surface area contributed by atoms with Crippen molar-refractivity contribution in [3.8, 4) is 11.5 Å². The minimum Gasteiger partial charge on any atom is -0.493 e. The van der Waals surface area contributed by atoms with Crippen molar-refractivity contribution in [3.63, 3.8) is 0 Å². The van der Waals surface area contributed by atoms with E-state index in [1.54, 1.807) is 7.11 Å². The third-order valence-corrected chi connectivity index (χ3v) is 3.05. The Bertz CT molecular complexity index is 526. The van der Waals surface area contributed by atoms with Crippen LogP contribution in [-0.2, 0) is 13.1 Å². The fourth-order valence-electron chi connectivity index (χ4n) is 2.14. The zero-order valence-electron chi connectivity index (χ0n) is 12.1. The second-order valence-corrected chi connectivity index (χ2v) is 4.47. The normalized spacial score (nSPS) is 10.3. The van der Waals surface area contributed by atoms with E-state index in [2.05, 4.69) is 23.5 Å². The minimum absolute atomic E-state index is 0.636. The summed E-state index contributed by atoms with van der Waals surface area (Å²) >= 11 is 0. The Hall–Kier alpha value is -2.00. The summed E-state index contributed by atoms with van der Waals surface area (Å²) in [5, 5.41) is 3.43. The van der Waals surface area contributed by atoms with Crippen molar-refractivity contribution < 1.29 is 9.47 Å². The third kappa shape index (κ3) is 3.75. The van der Waals surface area contributed by atoms with Crippen LogP contribution in [0.25, 0.3) is 0 Å². The van der Waals surface area contributed by atoms with E-state index in [1.807, 2.05) is 37.3 Å². The second-order valence-electron chi connectivity index (χ2n) is 4.47. The van der Waals surface area contributed by atoms with E-state index in [0.717, 1.165) is 30.2 Å². The van der Waals surface area contributed by atoms with Crippen LogP contribution in [0, 0.1) is 0 Å². The summed E-state index contributed by atoms with van der Waals surface area (Å²) in [5.41, 5.74) is 2.38. The van der Waals surface area contributed by atoms with Crippen LogP contribution in [-0.4, -0.2) is 13.7 Å². The summed E-state index contributed by atoms with van der Waals surface area (Å²) in [6.45, 7) is 4.19. The molecule has 0 aliphatic rings. The van der Waals surface area contributed by atoms with Crippen molar-refractivity contribution in [1.29, 1.82) is 0 Å². The molecule has 2 aromatic rings. The summed E-state index contributed by atoms with van der Waals surface area (Å²) in [7, 11) is 1.68. The molecule has 0 spiro atoms. The maximum atomic E-state index is 5.58. The fourth-order valence-corrected chi connectivity index (χ4v) is 2.14. The summed E-state index contributed by atoms with van der Waals surface area (Å²) in [6.07, 6.45) is 0. The molecule has 0 aliphatic heterocycles. The average Bonchev–Trinajstić information content (AvgIpc) is 2.49. The Labute approximate surface area is 120 Å². The molecule has 0 saturated carbocycles. The summed E-state index contributed by atoms with van der Waals surface area (Å²) in [6, 6.07) is 16.3. The third-order valence-electron chi connectivity index (χ3n) is 3.05. The summed E-state index contributed by atoms with van der Waals surface area (Å²) < 4.78 is 11.0. The summed E-state index contributed by atoms with van der Waals surface area (Å²) in [4.78, 5) is 0. The van der Waals surface area contributed by atoms with Gasteiger partial charge in [-0.3, -0.25) is 0 Å². The molecule has 0 fully saturated rings. The molecule has 0 bridgehead atoms. The van der Waals surface area contributed by atoms with Crippen molar-refractivity contribution >= 4 is 0 Å². The van der Waals surface area contributed by atoms with Crippen LogP contribution in [0.1, 0.15) is 18.1 Å². The molecule has 20 heavy (non-hydrogen) atoms. The lowest BCUT2D eigenvalue weighted by Crippen LogP contribution is -2.13. The quantitative estimate of drug-likeness (QED) is 0.837. The van der Waals surface area contributed by atoms with Gasteiger partial charge in [-0.25, -0.2) is 0 Å². The van der Waals surface area contributed by atoms with Crippen molar-refractivity contribution in [2.45, 2.75) is 20.0 Å². The number of benzene rings is 2. The van der Waals surface area contributed by atoms with Gasteiger partial charge in [0.2, 0.25) is 0 Å². The van der Waals surface area contributed by atoms with Gasteiger partial charge in [-0.1, -0.05) is 42.5 Å². The number of hydrogen-bond acceptors (Lipinski definition) is 3. The van der Waals surface area contributed by atoms with Crippen molar-refractivity contribution in [1.82, 2.24) is 5.32 Å². The molecular weight excluding hydrogens is 250 g/mol. The number of ether oxygens (including phenoxy) is 2. The number of para-hydroxylation sites is 1. The van der Waals surface area contributed by atoms with Crippen LogP contribution in [0.2, 0.25) is 0 Å². The molecule has 0 amide bonds. The summed E-state index contributed by atoms with van der Waals surface area (Å²) in [5.74, 6) is 1.61. The highest BCUT2D eigenvalue weighted by molar-refractivity contribution is 5.46. The molecule has 0 unspecified atom stereocenters. The zero-order chi connectivity index (χ0) is 14.2. The zero-order valence-corrected chi connectivity index (χ0v) is 12.1. The topological polar surface area (TPSA) is 30.5 Å². The van der Waals surface area contributed by atoms with Crippen molar-refractivity contribution in [3.05, 3.63) is 59.7 Å². The first-order valence-corrected chi connectivity index (χ1v) is 6.88. The molecule has 0 heterocycles. The second kappa shape index (κ2) is 7.56. The molecule has 0 atom stereocenters. The lowest BCUT2D eigenvalue weighted by molar-refractivity contribution is 0.308. The highest BCUT2D eigenvalue weighted by atomic mass is 16.5. The predicted octanol–water partition coefficient (Wildman–Crippen LogP) is 3.38. The first-order valence-electron chi connectivity index (χ1n) is 6.88. The fraction of sp³-hybridized carbons (Fsp3) is 0.294. The highest BCUT2D eigenvalue weighted by Gasteiger charge is 2.09. The number of hydrogen-bond donors (Lipinski definition) is 1. The Morgan fingerprint density at radius 2 is 1.75 bits per heavy atom. The number of nitrogens with one attached hydrogen (secondary N) is 1. The van der Waals surface area contributed by atoms with E-state index >= 15 is 0 Å². The van der Waals surface area contributed by atoms with E-state index in [4.69, 9.17) is 9.47 Å². The van der Waals surface area contributed by atoms with Crippen LogP contribution in [0.15, 0.2) is 48.5 Å². The van der Waals surface area contributed by atoms with Gasteiger partial charge in [-0.2, -0.15) is 0 Å². The van der Waals surface area contributed by atoms with Gasteiger partial charge in [0.15, 0.2) is 11.5 Å². The molecule has 106 valence electrons. The van der Waals surface area contributed by atoms with Crippen LogP contribution >= 0.6 is 0 Å². The maximum Gasteiger partial charge on any atom is 0.165 e. The first-order chi connectivity index (χ1) is 9.85. The molecule has 2 rings (SSSR count). The molecule has 1 N–H and O–H groups in total. The lowest BCUT2D eigenvalue weighted by atomic mass is 10.1. The van der Waals surface area contributed by atoms with Gasteiger partial charge in [0.1, 0.15) is 0 Å². The number of rotatable bonds is 7. The van der Waals surface area contributed by atoms with Crippen LogP contribution in [0.5, 0.6) is 11.5 Å². The molecule has 0 saturated heterocycles. The van der Waals surface area contributed by atoms with Crippen molar-refractivity contribution in [2.75, 3.05) is 13.7 Å². The molecular formula is C17H21NO2. The monoisotopic (exact) mass is 271 g/mol. The van der Waals surface area contributed by atoms with Gasteiger partial charge in [0.05, 0.1) is 13.7 Å². The maximum absolute atomic E-state index is 5.58. The molecule has 0 aromatic heterocycles. The molecule has 2 aromatic carbocycles. The molecule has 0 radical (unpaired) electrons. The van der Waals surface area contributed by atoms with Gasteiger partial charge >= 0.3 is 0 Å². The predicted molar refractivity (Wildman–Crippen MR) is 81.1 cm³/mol. The Kier molecular flexibility index (Phi) is 5.44. The van der Waals surface area contributed by atoms with E-state index in [0.29, 0.717) is 6.61 Å². The van der Waals surface area contributed by atoms with E-state index in [-0.39, 0.29) is 0 Å². The van der Waals surface area contributed by atoms with Crippen LogP contribution in [0.3, 0.4) is 0 Å². The van der Waals surface area contributed by atoms with Gasteiger partial charge < -0.3 is 14.8 Å². The van der Waals surface area contributed by atoms with Gasteiger partial charge in [-0.05, 0) is 18.6 Å². The van der Waals surface area contributed by atoms with Gasteiger partial charge in [-0.15, -0.1) is 0 Å². The number of methoxy groups -OCH3 is 1. The highest BCUT2D eigenvalue weighted by Crippen LogP contribution is 2.30. The lowest BCUT2D eigenvalue weighted by Gasteiger charge is -2.14. The van der Waals surface area contributed by atoms with E-state index in [9.17, 15) is 0 Å². The average molecular weight is 271 g/mol.